The van der Waals surface area contributed by atoms with Crippen molar-refractivity contribution in [2.75, 3.05) is 13.2 Å². The van der Waals surface area contributed by atoms with E-state index in [-0.39, 0.29) is 0 Å². The zero-order chi connectivity index (χ0) is 13.5. The molecule has 1 N–H and O–H groups in total. The van der Waals surface area contributed by atoms with Crippen LogP contribution in [0.3, 0.4) is 0 Å². The number of aryl methyl sites for hydroxylation is 1. The lowest BCUT2D eigenvalue weighted by molar-refractivity contribution is 0.313. The zero-order valence-electron chi connectivity index (χ0n) is 10.9. The molecule has 2 rings (SSSR count). The minimum atomic E-state index is 0.587. The number of hydrogen-bond donors (Lipinski definition) is 1. The quantitative estimate of drug-likeness (QED) is 0.823. The smallest absolute Gasteiger partial charge is 0.138 e. The summed E-state index contributed by atoms with van der Waals surface area (Å²) in [5.41, 5.74) is 2.30. The van der Waals surface area contributed by atoms with Crippen LogP contribution in [0.4, 0.5) is 0 Å². The zero-order valence-corrected chi connectivity index (χ0v) is 11.7. The first-order chi connectivity index (χ1) is 9.25. The molecule has 0 bridgehead atoms. The van der Waals surface area contributed by atoms with Gasteiger partial charge in [0.15, 0.2) is 0 Å². The average Bonchev–Trinajstić information content (AvgIpc) is 2.43. The van der Waals surface area contributed by atoms with Gasteiger partial charge in [0.05, 0.1) is 5.02 Å². The van der Waals surface area contributed by atoms with E-state index in [2.05, 4.69) is 10.3 Å². The first kappa shape index (κ1) is 13.8. The Hall–Kier alpha value is -1.58. The third-order valence-corrected chi connectivity index (χ3v) is 2.99. The maximum absolute atomic E-state index is 6.05. The maximum Gasteiger partial charge on any atom is 0.138 e. The van der Waals surface area contributed by atoms with Gasteiger partial charge in [-0.1, -0.05) is 23.7 Å². The first-order valence-corrected chi connectivity index (χ1v) is 6.62. The van der Waals surface area contributed by atoms with Crippen molar-refractivity contribution in [1.29, 1.82) is 0 Å². The van der Waals surface area contributed by atoms with Gasteiger partial charge >= 0.3 is 0 Å². The van der Waals surface area contributed by atoms with Gasteiger partial charge in [0, 0.05) is 25.5 Å². The highest BCUT2D eigenvalue weighted by Gasteiger charge is 2.01. The summed E-state index contributed by atoms with van der Waals surface area (Å²) in [7, 11) is 0. The van der Waals surface area contributed by atoms with Gasteiger partial charge in [-0.05, 0) is 36.2 Å². The summed E-state index contributed by atoms with van der Waals surface area (Å²) in [6.07, 6.45) is 3.62. The predicted molar refractivity (Wildman–Crippen MR) is 77.6 cm³/mol. The summed E-state index contributed by atoms with van der Waals surface area (Å²) in [6.45, 7) is 4.16. The lowest BCUT2D eigenvalue weighted by atomic mass is 10.2. The summed E-state index contributed by atoms with van der Waals surface area (Å²) >= 11 is 6.05. The number of rotatable bonds is 6. The van der Waals surface area contributed by atoms with Crippen molar-refractivity contribution in [3.8, 4) is 5.75 Å². The van der Waals surface area contributed by atoms with E-state index in [4.69, 9.17) is 16.3 Å². The van der Waals surface area contributed by atoms with Crippen LogP contribution in [0.1, 0.15) is 11.1 Å². The largest absolute Gasteiger partial charge is 0.491 e. The molecule has 0 radical (unpaired) electrons. The van der Waals surface area contributed by atoms with Crippen LogP contribution in [0.2, 0.25) is 5.02 Å². The molecule has 19 heavy (non-hydrogen) atoms. The van der Waals surface area contributed by atoms with Crippen molar-refractivity contribution in [3.05, 3.63) is 58.9 Å². The molecule has 2 aromatic rings. The van der Waals surface area contributed by atoms with E-state index < -0.39 is 0 Å². The second kappa shape index (κ2) is 7.12. The van der Waals surface area contributed by atoms with Gasteiger partial charge in [0.1, 0.15) is 12.4 Å². The van der Waals surface area contributed by atoms with E-state index in [0.29, 0.717) is 11.6 Å². The Kier molecular flexibility index (Phi) is 5.19. The molecule has 0 aliphatic rings. The number of benzene rings is 1. The second-order valence-corrected chi connectivity index (χ2v) is 4.73. The Bertz CT molecular complexity index is 517. The molecule has 100 valence electrons. The van der Waals surface area contributed by atoms with Crippen molar-refractivity contribution >= 4 is 11.6 Å². The Labute approximate surface area is 118 Å². The molecule has 0 aliphatic carbocycles. The van der Waals surface area contributed by atoms with Crippen molar-refractivity contribution in [2.45, 2.75) is 13.5 Å². The number of aromatic nitrogens is 1. The third kappa shape index (κ3) is 4.54. The Morgan fingerprint density at radius 1 is 1.32 bits per heavy atom. The summed E-state index contributed by atoms with van der Waals surface area (Å²) in [6, 6.07) is 9.74. The monoisotopic (exact) mass is 276 g/mol. The van der Waals surface area contributed by atoms with Gasteiger partial charge in [-0.3, -0.25) is 4.98 Å². The molecule has 0 atom stereocenters. The van der Waals surface area contributed by atoms with Crippen LogP contribution < -0.4 is 10.1 Å². The third-order valence-electron chi connectivity index (χ3n) is 2.68. The Balaban J connectivity index is 1.71. The number of nitrogens with one attached hydrogen (secondary N) is 1. The van der Waals surface area contributed by atoms with Gasteiger partial charge in [0.2, 0.25) is 0 Å². The highest BCUT2D eigenvalue weighted by Crippen LogP contribution is 2.24. The minimum absolute atomic E-state index is 0.587. The van der Waals surface area contributed by atoms with Crippen molar-refractivity contribution in [3.63, 3.8) is 0 Å². The summed E-state index contributed by atoms with van der Waals surface area (Å²) in [5.74, 6) is 0.741. The van der Waals surface area contributed by atoms with Crippen LogP contribution in [-0.4, -0.2) is 18.1 Å². The molecule has 1 heterocycles. The fraction of sp³-hybridized carbons (Fsp3) is 0.267. The molecule has 1 aromatic heterocycles. The number of pyridine rings is 1. The van der Waals surface area contributed by atoms with E-state index in [1.807, 2.05) is 43.5 Å². The van der Waals surface area contributed by atoms with Crippen molar-refractivity contribution < 1.29 is 4.74 Å². The van der Waals surface area contributed by atoms with Gasteiger partial charge in [-0.2, -0.15) is 0 Å². The molecule has 0 aliphatic heterocycles. The molecule has 3 nitrogen and oxygen atoms in total. The normalized spacial score (nSPS) is 10.4. The SMILES string of the molecule is Cc1ccc(Cl)c(OCCNCc2cccnc2)c1. The standard InChI is InChI=1S/C15H17ClN2O/c1-12-4-5-14(16)15(9-12)19-8-7-18-11-13-3-2-6-17-10-13/h2-6,9-10,18H,7-8,11H2,1H3. The van der Waals surface area contributed by atoms with Crippen LogP contribution in [0.15, 0.2) is 42.7 Å². The molecule has 0 saturated carbocycles. The minimum Gasteiger partial charge on any atom is -0.491 e. The molecule has 0 unspecified atom stereocenters. The van der Waals surface area contributed by atoms with Crippen LogP contribution in [-0.2, 0) is 6.54 Å². The van der Waals surface area contributed by atoms with Crippen molar-refractivity contribution in [1.82, 2.24) is 10.3 Å². The summed E-state index contributed by atoms with van der Waals surface area (Å²) < 4.78 is 5.65. The highest BCUT2D eigenvalue weighted by atomic mass is 35.5. The average molecular weight is 277 g/mol. The number of hydrogen-bond acceptors (Lipinski definition) is 3. The van der Waals surface area contributed by atoms with E-state index in [0.717, 1.165) is 30.0 Å². The van der Waals surface area contributed by atoms with Gasteiger partial charge in [-0.25, -0.2) is 0 Å². The molecule has 1 aromatic carbocycles. The van der Waals surface area contributed by atoms with Crippen LogP contribution in [0.5, 0.6) is 5.75 Å². The van der Waals surface area contributed by atoms with E-state index in [9.17, 15) is 0 Å². The van der Waals surface area contributed by atoms with Gasteiger partial charge in [0.25, 0.3) is 0 Å². The first-order valence-electron chi connectivity index (χ1n) is 6.24. The lowest BCUT2D eigenvalue weighted by Crippen LogP contribution is -2.20. The van der Waals surface area contributed by atoms with Crippen LogP contribution in [0.25, 0.3) is 0 Å². The molecule has 0 spiro atoms. The van der Waals surface area contributed by atoms with Crippen LogP contribution in [0, 0.1) is 6.92 Å². The van der Waals surface area contributed by atoms with E-state index >= 15 is 0 Å². The predicted octanol–water partition coefficient (Wildman–Crippen LogP) is 3.21. The topological polar surface area (TPSA) is 34.1 Å². The van der Waals surface area contributed by atoms with E-state index in [1.54, 1.807) is 6.20 Å². The second-order valence-electron chi connectivity index (χ2n) is 4.32. The van der Waals surface area contributed by atoms with Gasteiger partial charge < -0.3 is 10.1 Å². The summed E-state index contributed by atoms with van der Waals surface area (Å²) in [5, 5.41) is 3.95. The van der Waals surface area contributed by atoms with E-state index in [1.165, 1.54) is 0 Å². The lowest BCUT2D eigenvalue weighted by Gasteiger charge is -2.09. The highest BCUT2D eigenvalue weighted by molar-refractivity contribution is 6.32. The fourth-order valence-electron chi connectivity index (χ4n) is 1.69. The molecule has 0 amide bonds. The molecular weight excluding hydrogens is 260 g/mol. The summed E-state index contributed by atoms with van der Waals surface area (Å²) in [4.78, 5) is 4.06. The Morgan fingerprint density at radius 2 is 2.21 bits per heavy atom. The number of ether oxygens (including phenoxy) is 1. The number of nitrogens with zero attached hydrogens (tertiary/aromatic N) is 1. The van der Waals surface area contributed by atoms with Gasteiger partial charge in [-0.15, -0.1) is 0 Å². The molecule has 4 heteroatoms. The maximum atomic E-state index is 6.05. The van der Waals surface area contributed by atoms with Crippen molar-refractivity contribution in [2.24, 2.45) is 0 Å². The fourth-order valence-corrected chi connectivity index (χ4v) is 1.86. The van der Waals surface area contributed by atoms with Crippen LogP contribution >= 0.6 is 11.6 Å². The molecular formula is C15H17ClN2O. The molecule has 0 fully saturated rings. The molecule has 0 saturated heterocycles. The Morgan fingerprint density at radius 3 is 3.00 bits per heavy atom. The number of halogens is 1.